The van der Waals surface area contributed by atoms with Crippen LogP contribution in [0, 0.1) is 5.92 Å². The van der Waals surface area contributed by atoms with Crippen molar-refractivity contribution < 1.29 is 9.84 Å². The molecule has 2 unspecified atom stereocenters. The van der Waals surface area contributed by atoms with Crippen LogP contribution in [0.2, 0.25) is 0 Å². The van der Waals surface area contributed by atoms with Gasteiger partial charge in [0, 0.05) is 5.92 Å². The molecule has 1 aliphatic heterocycles. The van der Waals surface area contributed by atoms with Crippen LogP contribution >= 0.6 is 22.6 Å². The maximum Gasteiger partial charge on any atom is 0.108 e. The molecule has 0 radical (unpaired) electrons. The molecule has 1 saturated heterocycles. The van der Waals surface area contributed by atoms with Crippen LogP contribution in [0.15, 0.2) is 24.3 Å². The molecule has 2 fully saturated rings. The minimum Gasteiger partial charge on any atom is -0.393 e. The monoisotopic (exact) mass is 414 g/mol. The minimum atomic E-state index is -0.0320. The van der Waals surface area contributed by atoms with Gasteiger partial charge in [0.25, 0.3) is 0 Å². The van der Waals surface area contributed by atoms with Crippen LogP contribution in [0.4, 0.5) is 0 Å². The van der Waals surface area contributed by atoms with Crippen molar-refractivity contribution in [1.29, 1.82) is 0 Å². The minimum absolute atomic E-state index is 0.0320. The zero-order valence-corrected chi connectivity index (χ0v) is 15.4. The van der Waals surface area contributed by atoms with Crippen molar-refractivity contribution in [3.63, 3.8) is 0 Å². The summed E-state index contributed by atoms with van der Waals surface area (Å²) in [6, 6.07) is 9.23. The summed E-state index contributed by atoms with van der Waals surface area (Å²) in [6.45, 7) is 0.872. The van der Waals surface area contributed by atoms with Crippen molar-refractivity contribution in [3.05, 3.63) is 35.4 Å². The van der Waals surface area contributed by atoms with Gasteiger partial charge in [0.05, 0.1) is 12.7 Å². The summed E-state index contributed by atoms with van der Waals surface area (Å²) in [5, 5.41) is 9.57. The Bertz CT molecular complexity index is 443. The lowest BCUT2D eigenvalue weighted by atomic mass is 9.83. The van der Waals surface area contributed by atoms with Crippen LogP contribution < -0.4 is 0 Å². The third-order valence-corrected chi connectivity index (χ3v) is 6.31. The van der Waals surface area contributed by atoms with Crippen LogP contribution in [0.1, 0.15) is 62.0 Å². The first-order chi connectivity index (χ1) is 10.7. The molecule has 3 rings (SSSR count). The highest BCUT2D eigenvalue weighted by Crippen LogP contribution is 2.31. The molecule has 1 N–H and O–H groups in total. The normalized spacial score (nSPS) is 32.8. The first kappa shape index (κ1) is 16.7. The van der Waals surface area contributed by atoms with Gasteiger partial charge in [0.2, 0.25) is 0 Å². The molecule has 1 heterocycles. The summed E-state index contributed by atoms with van der Waals surface area (Å²) in [4.78, 5) is 0. The molecule has 1 aromatic rings. The lowest BCUT2D eigenvalue weighted by molar-refractivity contribution is 0.0676. The molecular weight excluding hydrogens is 387 g/mol. The van der Waals surface area contributed by atoms with E-state index in [1.54, 1.807) is 0 Å². The third kappa shape index (κ3) is 4.68. The van der Waals surface area contributed by atoms with Gasteiger partial charge in [-0.1, -0.05) is 46.9 Å². The molecule has 0 spiro atoms. The zero-order chi connectivity index (χ0) is 15.4. The highest BCUT2D eigenvalue weighted by Gasteiger charge is 2.21. The Labute approximate surface area is 147 Å². The van der Waals surface area contributed by atoms with E-state index in [1.807, 2.05) is 0 Å². The molecule has 2 atom stereocenters. The van der Waals surface area contributed by atoms with Gasteiger partial charge in [0.15, 0.2) is 0 Å². The number of rotatable bonds is 4. The Hall–Kier alpha value is -0.130. The zero-order valence-electron chi connectivity index (χ0n) is 13.2. The molecule has 1 aliphatic carbocycles. The SMILES string of the molecule is OC1CCC(CCc2ccc(C3CCC(I)OC3)cc2)CC1. The smallest absolute Gasteiger partial charge is 0.108 e. The van der Waals surface area contributed by atoms with Crippen molar-refractivity contribution in [3.8, 4) is 0 Å². The average Bonchev–Trinajstić information content (AvgIpc) is 2.56. The van der Waals surface area contributed by atoms with Gasteiger partial charge in [-0.3, -0.25) is 0 Å². The first-order valence-electron chi connectivity index (χ1n) is 8.73. The standard InChI is InChI=1S/C19H27IO2/c20-19-12-9-17(13-22-19)16-7-3-14(4-8-16)1-2-15-5-10-18(21)11-6-15/h3-4,7-8,15,17-19,21H,1-2,5-6,9-13H2. The van der Waals surface area contributed by atoms with Crippen molar-refractivity contribution in [2.24, 2.45) is 5.92 Å². The number of ether oxygens (including phenoxy) is 1. The second kappa shape index (κ2) is 8.11. The average molecular weight is 414 g/mol. The van der Waals surface area contributed by atoms with Gasteiger partial charge in [-0.25, -0.2) is 0 Å². The summed E-state index contributed by atoms with van der Waals surface area (Å²) < 4.78 is 6.18. The molecule has 0 aromatic heterocycles. The number of benzene rings is 1. The molecule has 3 heteroatoms. The quantitative estimate of drug-likeness (QED) is 0.565. The predicted octanol–water partition coefficient (Wildman–Crippen LogP) is 4.83. The van der Waals surface area contributed by atoms with Crippen molar-refractivity contribution >= 4 is 22.6 Å². The number of hydrogen-bond donors (Lipinski definition) is 1. The Morgan fingerprint density at radius 3 is 2.36 bits per heavy atom. The van der Waals surface area contributed by atoms with Crippen LogP contribution in [0.25, 0.3) is 0 Å². The van der Waals surface area contributed by atoms with E-state index >= 15 is 0 Å². The van der Waals surface area contributed by atoms with E-state index in [0.717, 1.165) is 25.4 Å². The summed E-state index contributed by atoms with van der Waals surface area (Å²) >= 11 is 2.39. The molecule has 0 bridgehead atoms. The molecule has 122 valence electrons. The van der Waals surface area contributed by atoms with Gasteiger partial charge < -0.3 is 9.84 Å². The van der Waals surface area contributed by atoms with E-state index in [2.05, 4.69) is 46.9 Å². The van der Waals surface area contributed by atoms with E-state index in [-0.39, 0.29) is 6.10 Å². The second-order valence-corrected chi connectivity index (χ2v) is 8.36. The molecular formula is C19H27IO2. The Kier molecular flexibility index (Phi) is 6.16. The Morgan fingerprint density at radius 2 is 1.73 bits per heavy atom. The van der Waals surface area contributed by atoms with Gasteiger partial charge in [-0.15, -0.1) is 0 Å². The number of aryl methyl sites for hydroxylation is 1. The summed E-state index contributed by atoms with van der Waals surface area (Å²) in [5.74, 6) is 1.40. The highest BCUT2D eigenvalue weighted by molar-refractivity contribution is 14.1. The molecule has 0 amide bonds. The lowest BCUT2D eigenvalue weighted by Gasteiger charge is -2.26. The molecule has 22 heavy (non-hydrogen) atoms. The van der Waals surface area contributed by atoms with Gasteiger partial charge in [0.1, 0.15) is 4.11 Å². The summed E-state index contributed by atoms with van der Waals surface area (Å²) in [7, 11) is 0. The fraction of sp³-hybridized carbons (Fsp3) is 0.684. The van der Waals surface area contributed by atoms with E-state index in [4.69, 9.17) is 4.74 Å². The van der Waals surface area contributed by atoms with Crippen LogP contribution in [0.3, 0.4) is 0 Å². The highest BCUT2D eigenvalue weighted by atomic mass is 127. The van der Waals surface area contributed by atoms with Crippen LogP contribution in [-0.2, 0) is 11.2 Å². The van der Waals surface area contributed by atoms with E-state index in [1.165, 1.54) is 49.7 Å². The van der Waals surface area contributed by atoms with Gasteiger partial charge in [-0.05, 0) is 68.4 Å². The van der Waals surface area contributed by atoms with Gasteiger partial charge in [-0.2, -0.15) is 0 Å². The summed E-state index contributed by atoms with van der Waals surface area (Å²) in [5.41, 5.74) is 2.89. The topological polar surface area (TPSA) is 29.5 Å². The van der Waals surface area contributed by atoms with Crippen LogP contribution in [0.5, 0.6) is 0 Å². The lowest BCUT2D eigenvalue weighted by Crippen LogP contribution is -2.20. The van der Waals surface area contributed by atoms with E-state index in [9.17, 15) is 5.11 Å². The molecule has 2 aliphatic rings. The van der Waals surface area contributed by atoms with Crippen LogP contribution in [-0.4, -0.2) is 21.9 Å². The first-order valence-corrected chi connectivity index (χ1v) is 9.98. The maximum absolute atomic E-state index is 9.57. The molecule has 1 saturated carbocycles. The second-order valence-electron chi connectivity index (χ2n) is 6.97. The number of halogens is 1. The van der Waals surface area contributed by atoms with E-state index < -0.39 is 0 Å². The maximum atomic E-state index is 9.57. The number of alkyl halides is 1. The summed E-state index contributed by atoms with van der Waals surface area (Å²) in [6.07, 6.45) is 9.25. The van der Waals surface area contributed by atoms with Crippen molar-refractivity contribution in [1.82, 2.24) is 0 Å². The number of hydrogen-bond acceptors (Lipinski definition) is 2. The largest absolute Gasteiger partial charge is 0.393 e. The third-order valence-electron chi connectivity index (χ3n) is 5.33. The van der Waals surface area contributed by atoms with Crippen molar-refractivity contribution in [2.45, 2.75) is 67.5 Å². The fourth-order valence-electron chi connectivity index (χ4n) is 3.74. The molecule has 1 aromatic carbocycles. The fourth-order valence-corrected chi connectivity index (χ4v) is 4.31. The Morgan fingerprint density at radius 1 is 1.00 bits per heavy atom. The number of aliphatic hydroxyl groups is 1. The number of aliphatic hydroxyl groups excluding tert-OH is 1. The molecule has 2 nitrogen and oxygen atoms in total. The Balaban J connectivity index is 1.47. The van der Waals surface area contributed by atoms with Crippen molar-refractivity contribution in [2.75, 3.05) is 6.61 Å². The van der Waals surface area contributed by atoms with Gasteiger partial charge >= 0.3 is 0 Å². The van der Waals surface area contributed by atoms with E-state index in [0.29, 0.717) is 10.0 Å². The predicted molar refractivity (Wildman–Crippen MR) is 98.5 cm³/mol.